The lowest BCUT2D eigenvalue weighted by Crippen LogP contribution is -2.49. The van der Waals surface area contributed by atoms with Crippen LogP contribution in [0.5, 0.6) is 0 Å². The lowest BCUT2D eigenvalue weighted by molar-refractivity contribution is 0.0760. The number of aromatic nitrogens is 1. The Hall–Kier alpha value is -1.84. The Morgan fingerprint density at radius 3 is 3.05 bits per heavy atom. The maximum Gasteiger partial charge on any atom is 0.410 e. The van der Waals surface area contributed by atoms with Crippen LogP contribution in [0.25, 0.3) is 5.57 Å². The summed E-state index contributed by atoms with van der Waals surface area (Å²) in [5, 5.41) is 0. The van der Waals surface area contributed by atoms with Crippen molar-refractivity contribution in [2.75, 3.05) is 13.2 Å². The van der Waals surface area contributed by atoms with Crippen LogP contribution >= 0.6 is 0 Å². The van der Waals surface area contributed by atoms with Crippen LogP contribution in [0, 0.1) is 5.92 Å². The van der Waals surface area contributed by atoms with E-state index in [2.05, 4.69) is 17.1 Å². The number of pyridine rings is 1. The third-order valence-corrected chi connectivity index (χ3v) is 3.94. The monoisotopic (exact) mass is 258 g/mol. The molecule has 2 unspecified atom stereocenters. The molecule has 1 amide bonds. The first-order valence-corrected chi connectivity index (χ1v) is 6.85. The van der Waals surface area contributed by atoms with Crippen molar-refractivity contribution in [2.45, 2.75) is 25.8 Å². The lowest BCUT2D eigenvalue weighted by atomic mass is 9.77. The minimum atomic E-state index is -0.182. The number of nitrogens with zero attached hydrogens (tertiary/aromatic N) is 2. The molecule has 4 nitrogen and oxygen atoms in total. The Morgan fingerprint density at radius 2 is 2.42 bits per heavy atom. The number of fused-ring (bicyclic) bond motifs is 2. The summed E-state index contributed by atoms with van der Waals surface area (Å²) in [6, 6.07) is 4.23. The van der Waals surface area contributed by atoms with Crippen molar-refractivity contribution in [3.63, 3.8) is 0 Å². The van der Waals surface area contributed by atoms with Gasteiger partial charge in [-0.25, -0.2) is 4.79 Å². The Morgan fingerprint density at radius 1 is 1.53 bits per heavy atom. The fourth-order valence-electron chi connectivity index (χ4n) is 3.04. The Bertz CT molecular complexity index is 498. The lowest BCUT2D eigenvalue weighted by Gasteiger charge is -2.43. The zero-order chi connectivity index (χ0) is 13.2. The fourth-order valence-corrected chi connectivity index (χ4v) is 3.04. The molecule has 4 rings (SSSR count). The number of hydrogen-bond donors (Lipinski definition) is 0. The van der Waals surface area contributed by atoms with Gasteiger partial charge < -0.3 is 9.64 Å². The molecule has 0 saturated carbocycles. The van der Waals surface area contributed by atoms with E-state index in [9.17, 15) is 4.79 Å². The minimum absolute atomic E-state index is 0.180. The van der Waals surface area contributed by atoms with E-state index in [0.717, 1.165) is 19.4 Å². The van der Waals surface area contributed by atoms with Gasteiger partial charge in [-0.15, -0.1) is 0 Å². The molecule has 1 aliphatic carbocycles. The molecule has 3 heterocycles. The summed E-state index contributed by atoms with van der Waals surface area (Å²) in [6.07, 6.45) is 7.90. The van der Waals surface area contributed by atoms with Gasteiger partial charge in [-0.1, -0.05) is 12.1 Å². The summed E-state index contributed by atoms with van der Waals surface area (Å²) in [4.78, 5) is 17.9. The van der Waals surface area contributed by atoms with Gasteiger partial charge >= 0.3 is 6.09 Å². The van der Waals surface area contributed by atoms with E-state index in [-0.39, 0.29) is 12.1 Å². The summed E-state index contributed by atoms with van der Waals surface area (Å²) in [5.41, 5.74) is 2.52. The van der Waals surface area contributed by atoms with Crippen molar-refractivity contribution in [3.05, 3.63) is 36.2 Å². The zero-order valence-corrected chi connectivity index (χ0v) is 11.1. The summed E-state index contributed by atoms with van der Waals surface area (Å²) < 4.78 is 5.12. The Labute approximate surface area is 113 Å². The smallest absolute Gasteiger partial charge is 0.410 e. The van der Waals surface area contributed by atoms with Gasteiger partial charge in [0.05, 0.1) is 12.6 Å². The van der Waals surface area contributed by atoms with Crippen LogP contribution in [0.2, 0.25) is 0 Å². The van der Waals surface area contributed by atoms with Crippen molar-refractivity contribution in [2.24, 2.45) is 5.92 Å². The maximum atomic E-state index is 11.9. The largest absolute Gasteiger partial charge is 0.450 e. The van der Waals surface area contributed by atoms with Crippen molar-refractivity contribution < 1.29 is 9.53 Å². The van der Waals surface area contributed by atoms with Crippen molar-refractivity contribution in [1.29, 1.82) is 0 Å². The molecule has 100 valence electrons. The molecule has 0 radical (unpaired) electrons. The molecule has 0 spiro atoms. The van der Waals surface area contributed by atoms with Gasteiger partial charge in [0.2, 0.25) is 0 Å². The molecule has 0 aromatic carbocycles. The quantitative estimate of drug-likeness (QED) is 0.819. The van der Waals surface area contributed by atoms with Crippen molar-refractivity contribution in [1.82, 2.24) is 9.88 Å². The number of ether oxygens (including phenoxy) is 1. The second-order valence-electron chi connectivity index (χ2n) is 5.06. The third kappa shape index (κ3) is 2.23. The number of rotatable bonds is 2. The molecule has 1 saturated heterocycles. The number of piperidine rings is 1. The van der Waals surface area contributed by atoms with E-state index < -0.39 is 0 Å². The maximum absolute atomic E-state index is 11.9. The van der Waals surface area contributed by atoms with Crippen LogP contribution in [0.3, 0.4) is 0 Å². The Kier molecular flexibility index (Phi) is 3.23. The van der Waals surface area contributed by atoms with E-state index >= 15 is 0 Å². The molecular weight excluding hydrogens is 240 g/mol. The SMILES string of the molecule is CCOC(=O)N1CC2CCC1C=C2c1cccnc1. The fraction of sp³-hybridized carbons (Fsp3) is 0.467. The molecule has 2 bridgehead atoms. The predicted molar refractivity (Wildman–Crippen MR) is 72.5 cm³/mol. The molecule has 1 aromatic heterocycles. The highest BCUT2D eigenvalue weighted by molar-refractivity contribution is 5.75. The van der Waals surface area contributed by atoms with Gasteiger partial charge in [-0.3, -0.25) is 4.98 Å². The topological polar surface area (TPSA) is 42.4 Å². The average Bonchev–Trinajstić information content (AvgIpc) is 2.49. The van der Waals surface area contributed by atoms with Crippen LogP contribution in [-0.4, -0.2) is 35.2 Å². The van der Waals surface area contributed by atoms with E-state index in [0.29, 0.717) is 12.5 Å². The van der Waals surface area contributed by atoms with Crippen LogP contribution < -0.4 is 0 Å². The van der Waals surface area contributed by atoms with Crippen LogP contribution in [0.4, 0.5) is 4.79 Å². The van der Waals surface area contributed by atoms with E-state index in [4.69, 9.17) is 4.74 Å². The first-order valence-electron chi connectivity index (χ1n) is 6.85. The first-order chi connectivity index (χ1) is 9.29. The molecular formula is C15H18N2O2. The van der Waals surface area contributed by atoms with Crippen LogP contribution in [-0.2, 0) is 4.74 Å². The van der Waals surface area contributed by atoms with Gasteiger partial charge in [-0.05, 0) is 37.0 Å². The number of carbonyl (C=O) groups excluding carboxylic acids is 1. The second kappa shape index (κ2) is 5.03. The van der Waals surface area contributed by atoms with Crippen molar-refractivity contribution >= 4 is 11.7 Å². The highest BCUT2D eigenvalue weighted by Crippen LogP contribution is 2.39. The highest BCUT2D eigenvalue weighted by atomic mass is 16.6. The molecule has 2 aliphatic heterocycles. The van der Waals surface area contributed by atoms with E-state index in [1.165, 1.54) is 11.1 Å². The highest BCUT2D eigenvalue weighted by Gasteiger charge is 2.38. The third-order valence-electron chi connectivity index (χ3n) is 3.94. The number of carbonyl (C=O) groups is 1. The van der Waals surface area contributed by atoms with E-state index in [1.54, 1.807) is 6.20 Å². The van der Waals surface area contributed by atoms with Gasteiger partial charge in [0, 0.05) is 24.9 Å². The molecule has 0 N–H and O–H groups in total. The van der Waals surface area contributed by atoms with Gasteiger partial charge in [0.1, 0.15) is 0 Å². The van der Waals surface area contributed by atoms with Crippen LogP contribution in [0.15, 0.2) is 30.6 Å². The first kappa shape index (κ1) is 12.2. The number of hydrogen-bond acceptors (Lipinski definition) is 3. The average molecular weight is 258 g/mol. The molecule has 1 aromatic rings. The molecule has 2 atom stereocenters. The number of amides is 1. The molecule has 19 heavy (non-hydrogen) atoms. The van der Waals surface area contributed by atoms with Gasteiger partial charge in [0.25, 0.3) is 0 Å². The second-order valence-corrected chi connectivity index (χ2v) is 5.06. The van der Waals surface area contributed by atoms with Gasteiger partial charge in [-0.2, -0.15) is 0 Å². The molecule has 3 aliphatic rings. The standard InChI is InChI=1S/C15H18N2O2/c1-2-19-15(18)17-10-12-5-6-13(17)8-14(12)11-4-3-7-16-9-11/h3-4,7-9,12-13H,2,5-6,10H2,1H3. The molecule has 1 fully saturated rings. The summed E-state index contributed by atoms with van der Waals surface area (Å²) in [6.45, 7) is 3.05. The summed E-state index contributed by atoms with van der Waals surface area (Å²) in [5.74, 6) is 0.415. The van der Waals surface area contributed by atoms with Gasteiger partial charge in [0.15, 0.2) is 0 Å². The van der Waals surface area contributed by atoms with Crippen molar-refractivity contribution in [3.8, 4) is 0 Å². The summed E-state index contributed by atoms with van der Waals surface area (Å²) in [7, 11) is 0. The zero-order valence-electron chi connectivity index (χ0n) is 11.1. The van der Waals surface area contributed by atoms with Crippen LogP contribution in [0.1, 0.15) is 25.3 Å². The van der Waals surface area contributed by atoms with E-state index in [1.807, 2.05) is 24.1 Å². The predicted octanol–water partition coefficient (Wildman–Crippen LogP) is 2.72. The minimum Gasteiger partial charge on any atom is -0.450 e. The summed E-state index contributed by atoms with van der Waals surface area (Å²) >= 11 is 0. The Balaban J connectivity index is 1.84. The molecule has 4 heteroatoms. The normalized spacial score (nSPS) is 25.1.